The molecule has 1 aromatic heterocycles. The van der Waals surface area contributed by atoms with Crippen molar-refractivity contribution in [3.8, 4) is 0 Å². The maximum Gasteiger partial charge on any atom is 0.265 e. The summed E-state index contributed by atoms with van der Waals surface area (Å²) < 4.78 is 0. The van der Waals surface area contributed by atoms with Gasteiger partial charge >= 0.3 is 0 Å². The second kappa shape index (κ2) is 4.87. The molecular formula is C14H13ClN2OS. The van der Waals surface area contributed by atoms with Crippen LogP contribution in [0.2, 0.25) is 5.02 Å². The molecule has 3 nitrogen and oxygen atoms in total. The summed E-state index contributed by atoms with van der Waals surface area (Å²) in [5.41, 5.74) is 8.21. The molecule has 1 aliphatic rings. The number of fused-ring (bicyclic) bond motifs is 1. The van der Waals surface area contributed by atoms with E-state index in [1.54, 1.807) is 29.5 Å². The van der Waals surface area contributed by atoms with Gasteiger partial charge in [0.2, 0.25) is 0 Å². The molecule has 0 spiro atoms. The van der Waals surface area contributed by atoms with Crippen LogP contribution in [0.1, 0.15) is 26.5 Å². The maximum atomic E-state index is 12.2. The summed E-state index contributed by atoms with van der Waals surface area (Å²) in [6.45, 7) is 0. The number of hydrogen-bond donors (Lipinski definition) is 2. The molecule has 0 atom stereocenters. The fraction of sp³-hybridized carbons (Fsp3) is 0.214. The van der Waals surface area contributed by atoms with E-state index in [2.05, 4.69) is 5.32 Å². The van der Waals surface area contributed by atoms with E-state index < -0.39 is 0 Å². The molecule has 3 N–H and O–H groups in total. The molecule has 0 aliphatic heterocycles. The molecule has 5 heteroatoms. The Bertz CT molecular complexity index is 629. The van der Waals surface area contributed by atoms with Crippen molar-refractivity contribution in [2.45, 2.75) is 19.3 Å². The third-order valence-corrected chi connectivity index (χ3v) is 4.70. The number of nitrogens with one attached hydrogen (secondary N) is 1. The Labute approximate surface area is 120 Å². The first-order valence-electron chi connectivity index (χ1n) is 6.11. The molecule has 0 saturated carbocycles. The lowest BCUT2D eigenvalue weighted by molar-refractivity contribution is 0.103. The molecule has 1 amide bonds. The lowest BCUT2D eigenvalue weighted by Gasteiger charge is -2.07. The number of amides is 1. The van der Waals surface area contributed by atoms with E-state index >= 15 is 0 Å². The fourth-order valence-electron chi connectivity index (χ4n) is 2.26. The summed E-state index contributed by atoms with van der Waals surface area (Å²) in [6.07, 6.45) is 3.37. The van der Waals surface area contributed by atoms with Crippen LogP contribution in [-0.2, 0) is 12.8 Å². The van der Waals surface area contributed by atoms with Gasteiger partial charge in [-0.15, -0.1) is 11.3 Å². The molecule has 0 saturated heterocycles. The number of nitrogens with two attached hydrogens (primary N) is 1. The Morgan fingerprint density at radius 1 is 1.32 bits per heavy atom. The third-order valence-electron chi connectivity index (χ3n) is 3.23. The lowest BCUT2D eigenvalue weighted by Crippen LogP contribution is -2.11. The van der Waals surface area contributed by atoms with Gasteiger partial charge in [-0.2, -0.15) is 0 Å². The Balaban J connectivity index is 1.82. The molecule has 98 valence electrons. The summed E-state index contributed by atoms with van der Waals surface area (Å²) in [4.78, 5) is 14.3. The topological polar surface area (TPSA) is 55.1 Å². The average molecular weight is 293 g/mol. The number of thiophene rings is 1. The molecular weight excluding hydrogens is 280 g/mol. The Kier molecular flexibility index (Phi) is 3.21. The number of hydrogen-bond acceptors (Lipinski definition) is 3. The quantitative estimate of drug-likeness (QED) is 0.829. The molecule has 1 aliphatic carbocycles. The highest BCUT2D eigenvalue weighted by atomic mass is 35.5. The van der Waals surface area contributed by atoms with Crippen LogP contribution in [0.4, 0.5) is 11.4 Å². The second-order valence-electron chi connectivity index (χ2n) is 4.60. The zero-order valence-corrected chi connectivity index (χ0v) is 11.8. The van der Waals surface area contributed by atoms with Gasteiger partial charge in [0.1, 0.15) is 0 Å². The van der Waals surface area contributed by atoms with E-state index in [4.69, 9.17) is 17.3 Å². The number of anilines is 2. The van der Waals surface area contributed by atoms with Crippen LogP contribution in [0.5, 0.6) is 0 Å². The number of nitrogen functional groups attached to an aromatic ring is 1. The summed E-state index contributed by atoms with van der Waals surface area (Å²) in [7, 11) is 0. The Hall–Kier alpha value is -1.52. The SMILES string of the molecule is Nc1ccc(Cl)cc1NC(=O)c1cc2c(s1)CCC2. The summed E-state index contributed by atoms with van der Waals surface area (Å²) in [5.74, 6) is -0.117. The highest BCUT2D eigenvalue weighted by Gasteiger charge is 2.18. The smallest absolute Gasteiger partial charge is 0.265 e. The van der Waals surface area contributed by atoms with E-state index in [1.165, 1.54) is 16.9 Å². The average Bonchev–Trinajstić information content (AvgIpc) is 2.94. The second-order valence-corrected chi connectivity index (χ2v) is 6.17. The number of benzene rings is 1. The van der Waals surface area contributed by atoms with Crippen molar-refractivity contribution in [3.05, 3.63) is 44.6 Å². The van der Waals surface area contributed by atoms with Gasteiger partial charge in [0.15, 0.2) is 0 Å². The van der Waals surface area contributed by atoms with Crippen LogP contribution in [0.15, 0.2) is 24.3 Å². The number of rotatable bonds is 2. The largest absolute Gasteiger partial charge is 0.397 e. The van der Waals surface area contributed by atoms with Crippen LogP contribution in [0, 0.1) is 0 Å². The van der Waals surface area contributed by atoms with Gasteiger partial charge in [-0.1, -0.05) is 11.6 Å². The van der Waals surface area contributed by atoms with E-state index in [-0.39, 0.29) is 5.91 Å². The van der Waals surface area contributed by atoms with Crippen LogP contribution in [-0.4, -0.2) is 5.91 Å². The van der Waals surface area contributed by atoms with Crippen molar-refractivity contribution in [3.63, 3.8) is 0 Å². The predicted molar refractivity (Wildman–Crippen MR) is 80.2 cm³/mol. The van der Waals surface area contributed by atoms with Crippen molar-refractivity contribution in [1.82, 2.24) is 0 Å². The molecule has 1 aromatic carbocycles. The van der Waals surface area contributed by atoms with Crippen molar-refractivity contribution >= 4 is 40.2 Å². The van der Waals surface area contributed by atoms with Crippen LogP contribution in [0.3, 0.4) is 0 Å². The fourth-order valence-corrected chi connectivity index (χ4v) is 3.58. The minimum absolute atomic E-state index is 0.117. The zero-order chi connectivity index (χ0) is 13.4. The van der Waals surface area contributed by atoms with Gasteiger partial charge in [-0.3, -0.25) is 4.79 Å². The third kappa shape index (κ3) is 2.46. The minimum Gasteiger partial charge on any atom is -0.397 e. The lowest BCUT2D eigenvalue weighted by atomic mass is 10.2. The zero-order valence-electron chi connectivity index (χ0n) is 10.2. The highest BCUT2D eigenvalue weighted by molar-refractivity contribution is 7.14. The minimum atomic E-state index is -0.117. The first-order chi connectivity index (χ1) is 9.13. The number of carbonyl (C=O) groups is 1. The van der Waals surface area contributed by atoms with Gasteiger partial charge < -0.3 is 11.1 Å². The molecule has 0 unspecified atom stereocenters. The highest BCUT2D eigenvalue weighted by Crippen LogP contribution is 2.31. The van der Waals surface area contributed by atoms with Crippen LogP contribution in [0.25, 0.3) is 0 Å². The van der Waals surface area contributed by atoms with Gasteiger partial charge in [-0.25, -0.2) is 0 Å². The monoisotopic (exact) mass is 292 g/mol. The number of halogens is 1. The number of aryl methyl sites for hydroxylation is 2. The first kappa shape index (κ1) is 12.5. The summed E-state index contributed by atoms with van der Waals surface area (Å²) in [6, 6.07) is 7.04. The normalized spacial score (nSPS) is 13.3. The molecule has 0 radical (unpaired) electrons. The van der Waals surface area contributed by atoms with Crippen molar-refractivity contribution in [2.24, 2.45) is 0 Å². The van der Waals surface area contributed by atoms with E-state index in [0.29, 0.717) is 16.4 Å². The van der Waals surface area contributed by atoms with E-state index in [9.17, 15) is 4.79 Å². The molecule has 0 fully saturated rings. The molecule has 2 aromatic rings. The first-order valence-corrected chi connectivity index (χ1v) is 7.31. The van der Waals surface area contributed by atoms with Gasteiger partial charge in [0.25, 0.3) is 5.91 Å². The van der Waals surface area contributed by atoms with Crippen molar-refractivity contribution in [1.29, 1.82) is 0 Å². The van der Waals surface area contributed by atoms with Crippen molar-refractivity contribution in [2.75, 3.05) is 11.1 Å². The van der Waals surface area contributed by atoms with E-state index in [1.807, 2.05) is 6.07 Å². The molecule has 3 rings (SSSR count). The van der Waals surface area contributed by atoms with Crippen LogP contribution < -0.4 is 11.1 Å². The molecule has 1 heterocycles. The van der Waals surface area contributed by atoms with Crippen molar-refractivity contribution < 1.29 is 4.79 Å². The van der Waals surface area contributed by atoms with Gasteiger partial charge in [0.05, 0.1) is 16.3 Å². The van der Waals surface area contributed by atoms with Crippen LogP contribution >= 0.6 is 22.9 Å². The molecule has 19 heavy (non-hydrogen) atoms. The maximum absolute atomic E-state index is 12.2. The Morgan fingerprint density at radius 3 is 2.95 bits per heavy atom. The summed E-state index contributed by atoms with van der Waals surface area (Å²) >= 11 is 7.48. The van der Waals surface area contributed by atoms with E-state index in [0.717, 1.165) is 17.7 Å². The van der Waals surface area contributed by atoms with Gasteiger partial charge in [0, 0.05) is 9.90 Å². The standard InChI is InChI=1S/C14H13ClN2OS/c15-9-4-5-10(16)11(7-9)17-14(18)13-6-8-2-1-3-12(8)19-13/h4-7H,1-3,16H2,(H,17,18). The predicted octanol–water partition coefficient (Wildman–Crippen LogP) is 3.72. The van der Waals surface area contributed by atoms with Gasteiger partial charge in [-0.05, 0) is 49.1 Å². The number of carbonyl (C=O) groups excluding carboxylic acids is 1. The summed E-state index contributed by atoms with van der Waals surface area (Å²) in [5, 5.41) is 3.37. The molecule has 0 bridgehead atoms. The Morgan fingerprint density at radius 2 is 2.16 bits per heavy atom.